The predicted molar refractivity (Wildman–Crippen MR) is 61.0 cm³/mol. The molecular weight excluding hydrogens is 245 g/mol. The second kappa shape index (κ2) is 6.14. The minimum atomic E-state index is -0.134. The van der Waals surface area contributed by atoms with E-state index in [9.17, 15) is 4.39 Å². The molecule has 78 valence electrons. The first-order valence-corrected chi connectivity index (χ1v) is 5.68. The van der Waals surface area contributed by atoms with E-state index in [0.717, 1.165) is 31.5 Å². The Morgan fingerprint density at radius 3 is 2.86 bits per heavy atom. The lowest BCUT2D eigenvalue weighted by atomic mass is 10.1. The molecule has 0 unspecified atom stereocenters. The van der Waals surface area contributed by atoms with Crippen molar-refractivity contribution in [3.8, 4) is 0 Å². The summed E-state index contributed by atoms with van der Waals surface area (Å²) in [6.07, 6.45) is 1.85. The highest BCUT2D eigenvalue weighted by Crippen LogP contribution is 2.18. The number of benzene rings is 1. The van der Waals surface area contributed by atoms with Gasteiger partial charge in [0, 0.05) is 0 Å². The molecule has 0 radical (unpaired) electrons. The van der Waals surface area contributed by atoms with E-state index in [0.29, 0.717) is 4.47 Å². The average molecular weight is 260 g/mol. The Kier molecular flexibility index (Phi) is 5.12. The smallest absolute Gasteiger partial charge is 0.140 e. The van der Waals surface area contributed by atoms with Gasteiger partial charge in [-0.05, 0) is 53.5 Å². The summed E-state index contributed by atoms with van der Waals surface area (Å²) in [6.45, 7) is 3.95. The van der Waals surface area contributed by atoms with Crippen LogP contribution in [0.3, 0.4) is 0 Å². The van der Waals surface area contributed by atoms with Gasteiger partial charge in [-0.2, -0.15) is 0 Å². The van der Waals surface area contributed by atoms with E-state index in [2.05, 4.69) is 28.2 Å². The number of rotatable bonds is 5. The molecule has 0 aliphatic rings. The van der Waals surface area contributed by atoms with Crippen molar-refractivity contribution in [2.75, 3.05) is 13.1 Å². The standard InChI is InChI=1S/C11H15BrFN/c1-2-7-14-8-6-9-4-3-5-10(12)11(9)13/h3-5,14H,2,6-8H2,1H3. The van der Waals surface area contributed by atoms with E-state index in [4.69, 9.17) is 0 Å². The Morgan fingerprint density at radius 1 is 1.36 bits per heavy atom. The zero-order chi connectivity index (χ0) is 10.4. The minimum absolute atomic E-state index is 0.134. The van der Waals surface area contributed by atoms with Gasteiger partial charge in [-0.15, -0.1) is 0 Å². The molecule has 3 heteroatoms. The third kappa shape index (κ3) is 3.39. The zero-order valence-corrected chi connectivity index (χ0v) is 9.90. The lowest BCUT2D eigenvalue weighted by Crippen LogP contribution is -2.18. The van der Waals surface area contributed by atoms with Gasteiger partial charge in [-0.25, -0.2) is 4.39 Å². The highest BCUT2D eigenvalue weighted by atomic mass is 79.9. The average Bonchev–Trinajstić information content (AvgIpc) is 2.19. The molecular formula is C11H15BrFN. The number of halogens is 2. The summed E-state index contributed by atoms with van der Waals surface area (Å²) in [7, 11) is 0. The predicted octanol–water partition coefficient (Wildman–Crippen LogP) is 3.13. The quantitative estimate of drug-likeness (QED) is 0.802. The monoisotopic (exact) mass is 259 g/mol. The molecule has 1 nitrogen and oxygen atoms in total. The molecule has 0 aromatic heterocycles. The molecule has 0 amide bonds. The van der Waals surface area contributed by atoms with Crippen LogP contribution in [0.25, 0.3) is 0 Å². The van der Waals surface area contributed by atoms with Gasteiger partial charge in [0.15, 0.2) is 0 Å². The second-order valence-electron chi connectivity index (χ2n) is 3.21. The van der Waals surface area contributed by atoms with Crippen LogP contribution in [0.15, 0.2) is 22.7 Å². The van der Waals surface area contributed by atoms with Crippen LogP contribution < -0.4 is 5.32 Å². The normalized spacial score (nSPS) is 10.5. The zero-order valence-electron chi connectivity index (χ0n) is 8.32. The van der Waals surface area contributed by atoms with Gasteiger partial charge in [0.2, 0.25) is 0 Å². The van der Waals surface area contributed by atoms with E-state index in [-0.39, 0.29) is 5.82 Å². The van der Waals surface area contributed by atoms with Gasteiger partial charge >= 0.3 is 0 Å². The molecule has 0 aliphatic carbocycles. The van der Waals surface area contributed by atoms with E-state index >= 15 is 0 Å². The van der Waals surface area contributed by atoms with Crippen molar-refractivity contribution >= 4 is 15.9 Å². The molecule has 1 aromatic carbocycles. The van der Waals surface area contributed by atoms with Crippen molar-refractivity contribution in [3.05, 3.63) is 34.1 Å². The second-order valence-corrected chi connectivity index (χ2v) is 4.07. The van der Waals surface area contributed by atoms with Crippen molar-refractivity contribution in [1.82, 2.24) is 5.32 Å². The van der Waals surface area contributed by atoms with Gasteiger partial charge < -0.3 is 5.32 Å². The van der Waals surface area contributed by atoms with E-state index in [1.54, 1.807) is 6.07 Å². The summed E-state index contributed by atoms with van der Waals surface area (Å²) in [5.74, 6) is -0.134. The van der Waals surface area contributed by atoms with Gasteiger partial charge in [-0.3, -0.25) is 0 Å². The summed E-state index contributed by atoms with van der Waals surface area (Å²) < 4.78 is 14.0. The van der Waals surface area contributed by atoms with Crippen LogP contribution in [0.2, 0.25) is 0 Å². The molecule has 14 heavy (non-hydrogen) atoms. The van der Waals surface area contributed by atoms with Crippen LogP contribution in [0, 0.1) is 5.82 Å². The number of hydrogen-bond acceptors (Lipinski definition) is 1. The first-order valence-electron chi connectivity index (χ1n) is 4.89. The Hall–Kier alpha value is -0.410. The van der Waals surface area contributed by atoms with Crippen LogP contribution in [0.1, 0.15) is 18.9 Å². The molecule has 0 aliphatic heterocycles. The van der Waals surface area contributed by atoms with Crippen molar-refractivity contribution in [2.24, 2.45) is 0 Å². The van der Waals surface area contributed by atoms with Gasteiger partial charge in [0.05, 0.1) is 4.47 Å². The van der Waals surface area contributed by atoms with Crippen LogP contribution in [-0.4, -0.2) is 13.1 Å². The fraction of sp³-hybridized carbons (Fsp3) is 0.455. The summed E-state index contributed by atoms with van der Waals surface area (Å²) in [5.41, 5.74) is 0.767. The molecule has 0 saturated heterocycles. The van der Waals surface area contributed by atoms with Crippen molar-refractivity contribution < 1.29 is 4.39 Å². The number of hydrogen-bond donors (Lipinski definition) is 1. The lowest BCUT2D eigenvalue weighted by molar-refractivity contribution is 0.591. The summed E-state index contributed by atoms with van der Waals surface area (Å²) in [4.78, 5) is 0. The lowest BCUT2D eigenvalue weighted by Gasteiger charge is -2.05. The highest BCUT2D eigenvalue weighted by molar-refractivity contribution is 9.10. The van der Waals surface area contributed by atoms with Gasteiger partial charge in [0.1, 0.15) is 5.82 Å². The molecule has 0 fully saturated rings. The fourth-order valence-electron chi connectivity index (χ4n) is 1.27. The Balaban J connectivity index is 2.46. The molecule has 0 bridgehead atoms. The van der Waals surface area contributed by atoms with E-state index in [1.807, 2.05) is 12.1 Å². The molecule has 1 rings (SSSR count). The van der Waals surface area contributed by atoms with Gasteiger partial charge in [0.25, 0.3) is 0 Å². The molecule has 0 saturated carbocycles. The number of nitrogens with one attached hydrogen (secondary N) is 1. The minimum Gasteiger partial charge on any atom is -0.316 e. The maximum Gasteiger partial charge on any atom is 0.140 e. The van der Waals surface area contributed by atoms with Crippen LogP contribution in [-0.2, 0) is 6.42 Å². The maximum atomic E-state index is 13.4. The van der Waals surface area contributed by atoms with Crippen molar-refractivity contribution in [2.45, 2.75) is 19.8 Å². The summed E-state index contributed by atoms with van der Waals surface area (Å²) >= 11 is 3.17. The third-order valence-corrected chi connectivity index (χ3v) is 2.64. The van der Waals surface area contributed by atoms with E-state index < -0.39 is 0 Å². The Morgan fingerprint density at radius 2 is 2.14 bits per heavy atom. The molecule has 1 N–H and O–H groups in total. The van der Waals surface area contributed by atoms with Crippen molar-refractivity contribution in [3.63, 3.8) is 0 Å². The van der Waals surface area contributed by atoms with Gasteiger partial charge in [-0.1, -0.05) is 19.1 Å². The summed E-state index contributed by atoms with van der Waals surface area (Å²) in [5, 5.41) is 3.25. The summed E-state index contributed by atoms with van der Waals surface area (Å²) in [6, 6.07) is 5.41. The molecule has 1 aromatic rings. The molecule has 0 heterocycles. The molecule has 0 spiro atoms. The fourth-order valence-corrected chi connectivity index (χ4v) is 1.67. The van der Waals surface area contributed by atoms with Crippen molar-refractivity contribution in [1.29, 1.82) is 0 Å². The highest BCUT2D eigenvalue weighted by Gasteiger charge is 2.04. The molecule has 0 atom stereocenters. The third-order valence-electron chi connectivity index (χ3n) is 2.03. The van der Waals surface area contributed by atoms with E-state index in [1.165, 1.54) is 0 Å². The van der Waals surface area contributed by atoms with Crippen LogP contribution in [0.5, 0.6) is 0 Å². The SMILES string of the molecule is CCCNCCc1cccc(Br)c1F. The Bertz CT molecular complexity index is 289. The Labute approximate surface area is 92.8 Å². The largest absolute Gasteiger partial charge is 0.316 e. The first kappa shape index (κ1) is 11.7. The topological polar surface area (TPSA) is 12.0 Å². The maximum absolute atomic E-state index is 13.4. The van der Waals surface area contributed by atoms with Crippen LogP contribution >= 0.6 is 15.9 Å². The van der Waals surface area contributed by atoms with Crippen LogP contribution in [0.4, 0.5) is 4.39 Å². The first-order chi connectivity index (χ1) is 6.75.